The summed E-state index contributed by atoms with van der Waals surface area (Å²) in [5.41, 5.74) is 11.6. The summed E-state index contributed by atoms with van der Waals surface area (Å²) in [6, 6.07) is 8.45. The molecule has 18 heavy (non-hydrogen) atoms. The average Bonchev–Trinajstić information content (AvgIpc) is 2.99. The van der Waals surface area contributed by atoms with Gasteiger partial charge in [-0.15, -0.1) is 11.3 Å². The molecule has 3 aromatic rings. The SMILES string of the molecule is Cc1cccc(-c2csc(N)n2)c1-c1ccsc1. The predicted octanol–water partition coefficient (Wildman–Crippen LogP) is 4.43. The molecule has 3 rings (SSSR count). The van der Waals surface area contributed by atoms with Crippen LogP contribution in [-0.2, 0) is 0 Å². The first-order chi connectivity index (χ1) is 8.75. The third kappa shape index (κ3) is 1.94. The first-order valence-corrected chi connectivity index (χ1v) is 7.41. The Kier molecular flexibility index (Phi) is 2.89. The van der Waals surface area contributed by atoms with Crippen molar-refractivity contribution in [2.75, 3.05) is 5.73 Å². The minimum Gasteiger partial charge on any atom is -0.375 e. The Labute approximate surface area is 114 Å². The highest BCUT2D eigenvalue weighted by Crippen LogP contribution is 2.36. The molecule has 4 heteroatoms. The van der Waals surface area contributed by atoms with Gasteiger partial charge in [0, 0.05) is 10.9 Å². The number of thiazole rings is 1. The molecule has 2 aromatic heterocycles. The molecule has 0 unspecified atom stereocenters. The van der Waals surface area contributed by atoms with Gasteiger partial charge in [-0.1, -0.05) is 18.2 Å². The van der Waals surface area contributed by atoms with Crippen molar-refractivity contribution >= 4 is 27.8 Å². The fourth-order valence-corrected chi connectivity index (χ4v) is 3.29. The highest BCUT2D eigenvalue weighted by atomic mass is 32.1. The number of aryl methyl sites for hydroxylation is 1. The summed E-state index contributed by atoms with van der Waals surface area (Å²) in [5, 5.41) is 6.89. The van der Waals surface area contributed by atoms with Crippen molar-refractivity contribution in [1.82, 2.24) is 4.98 Å². The number of benzene rings is 1. The second-order valence-electron chi connectivity index (χ2n) is 4.08. The molecule has 2 N–H and O–H groups in total. The van der Waals surface area contributed by atoms with Gasteiger partial charge in [-0.3, -0.25) is 0 Å². The maximum atomic E-state index is 5.73. The maximum absolute atomic E-state index is 5.73. The molecule has 0 aliphatic rings. The smallest absolute Gasteiger partial charge is 0.180 e. The van der Waals surface area contributed by atoms with E-state index in [9.17, 15) is 0 Å². The molecule has 0 aliphatic carbocycles. The van der Waals surface area contributed by atoms with Crippen LogP contribution in [0.15, 0.2) is 40.4 Å². The van der Waals surface area contributed by atoms with E-state index in [4.69, 9.17) is 5.73 Å². The zero-order valence-electron chi connectivity index (χ0n) is 9.88. The monoisotopic (exact) mass is 272 g/mol. The normalized spacial score (nSPS) is 10.7. The van der Waals surface area contributed by atoms with E-state index in [1.807, 2.05) is 5.38 Å². The zero-order valence-corrected chi connectivity index (χ0v) is 11.5. The topological polar surface area (TPSA) is 38.9 Å². The van der Waals surface area contributed by atoms with Crippen LogP contribution in [0, 0.1) is 6.92 Å². The minimum absolute atomic E-state index is 0.614. The number of rotatable bonds is 2. The molecule has 0 saturated carbocycles. The number of hydrogen-bond acceptors (Lipinski definition) is 4. The van der Waals surface area contributed by atoms with Gasteiger partial charge in [0.25, 0.3) is 0 Å². The summed E-state index contributed by atoms with van der Waals surface area (Å²) in [5.74, 6) is 0. The van der Waals surface area contributed by atoms with E-state index >= 15 is 0 Å². The van der Waals surface area contributed by atoms with Gasteiger partial charge >= 0.3 is 0 Å². The molecular formula is C14H12N2S2. The van der Waals surface area contributed by atoms with Crippen molar-refractivity contribution < 1.29 is 0 Å². The first kappa shape index (κ1) is 11.4. The molecule has 2 heterocycles. The number of anilines is 1. The van der Waals surface area contributed by atoms with Crippen molar-refractivity contribution in [2.24, 2.45) is 0 Å². The largest absolute Gasteiger partial charge is 0.375 e. The highest BCUT2D eigenvalue weighted by molar-refractivity contribution is 7.13. The van der Waals surface area contributed by atoms with E-state index in [1.54, 1.807) is 11.3 Å². The van der Waals surface area contributed by atoms with Gasteiger partial charge in [-0.05, 0) is 40.4 Å². The molecule has 0 amide bonds. The summed E-state index contributed by atoms with van der Waals surface area (Å²) in [4.78, 5) is 4.39. The molecule has 0 bridgehead atoms. The van der Waals surface area contributed by atoms with Gasteiger partial charge in [-0.2, -0.15) is 11.3 Å². The Balaban J connectivity index is 2.24. The summed E-state index contributed by atoms with van der Waals surface area (Å²) < 4.78 is 0. The van der Waals surface area contributed by atoms with Crippen LogP contribution in [0.2, 0.25) is 0 Å². The number of thiophene rings is 1. The summed E-state index contributed by atoms with van der Waals surface area (Å²) in [6.07, 6.45) is 0. The van der Waals surface area contributed by atoms with Crippen molar-refractivity contribution in [2.45, 2.75) is 6.92 Å². The lowest BCUT2D eigenvalue weighted by atomic mass is 9.95. The van der Waals surface area contributed by atoms with Gasteiger partial charge < -0.3 is 5.73 Å². The second kappa shape index (κ2) is 4.55. The molecule has 0 aliphatic heterocycles. The van der Waals surface area contributed by atoms with Gasteiger partial charge in [-0.25, -0.2) is 4.98 Å². The molecule has 90 valence electrons. The maximum Gasteiger partial charge on any atom is 0.180 e. The Morgan fingerprint density at radius 2 is 2.06 bits per heavy atom. The molecule has 0 fully saturated rings. The van der Waals surface area contributed by atoms with E-state index in [0.717, 1.165) is 11.3 Å². The van der Waals surface area contributed by atoms with Gasteiger partial charge in [0.05, 0.1) is 5.69 Å². The molecule has 1 aromatic carbocycles. The Hall–Kier alpha value is -1.65. The van der Waals surface area contributed by atoms with Crippen LogP contribution in [0.4, 0.5) is 5.13 Å². The number of nitrogens with zero attached hydrogens (tertiary/aromatic N) is 1. The summed E-state index contributed by atoms with van der Waals surface area (Å²) >= 11 is 3.19. The predicted molar refractivity (Wildman–Crippen MR) is 80.0 cm³/mol. The third-order valence-electron chi connectivity index (χ3n) is 2.88. The highest BCUT2D eigenvalue weighted by Gasteiger charge is 2.12. The number of aromatic nitrogens is 1. The van der Waals surface area contributed by atoms with Gasteiger partial charge in [0.2, 0.25) is 0 Å². The Morgan fingerprint density at radius 1 is 1.17 bits per heavy atom. The minimum atomic E-state index is 0.614. The first-order valence-electron chi connectivity index (χ1n) is 5.59. The summed E-state index contributed by atoms with van der Waals surface area (Å²) in [7, 11) is 0. The van der Waals surface area contributed by atoms with Crippen LogP contribution in [0.3, 0.4) is 0 Å². The molecule has 0 saturated heterocycles. The Morgan fingerprint density at radius 3 is 2.72 bits per heavy atom. The van der Waals surface area contributed by atoms with Crippen molar-refractivity contribution in [3.05, 3.63) is 46.0 Å². The molecule has 0 spiro atoms. The fourth-order valence-electron chi connectivity index (χ4n) is 2.08. The lowest BCUT2D eigenvalue weighted by Crippen LogP contribution is -1.89. The Bertz CT molecular complexity index is 669. The van der Waals surface area contributed by atoms with Crippen molar-refractivity contribution in [3.8, 4) is 22.4 Å². The van der Waals surface area contributed by atoms with Crippen LogP contribution >= 0.6 is 22.7 Å². The van der Waals surface area contributed by atoms with Crippen molar-refractivity contribution in [1.29, 1.82) is 0 Å². The standard InChI is InChI=1S/C14H12N2S2/c1-9-3-2-4-11(12-8-18-14(15)16-12)13(9)10-5-6-17-7-10/h2-8H,1H3,(H2,15,16). The van der Waals surface area contributed by atoms with E-state index in [2.05, 4.69) is 46.9 Å². The molecule has 0 atom stereocenters. The molecule has 0 radical (unpaired) electrons. The average molecular weight is 272 g/mol. The van der Waals surface area contributed by atoms with Crippen molar-refractivity contribution in [3.63, 3.8) is 0 Å². The molecular weight excluding hydrogens is 260 g/mol. The lowest BCUT2D eigenvalue weighted by molar-refractivity contribution is 1.39. The van der Waals surface area contributed by atoms with E-state index < -0.39 is 0 Å². The van der Waals surface area contributed by atoms with E-state index in [0.29, 0.717) is 5.13 Å². The van der Waals surface area contributed by atoms with Crippen LogP contribution in [0.1, 0.15) is 5.56 Å². The quantitative estimate of drug-likeness (QED) is 0.749. The molecule has 2 nitrogen and oxygen atoms in total. The van der Waals surface area contributed by atoms with Crippen LogP contribution in [0.25, 0.3) is 22.4 Å². The summed E-state index contributed by atoms with van der Waals surface area (Å²) in [6.45, 7) is 2.13. The lowest BCUT2D eigenvalue weighted by Gasteiger charge is -2.09. The number of nitrogens with two attached hydrogens (primary N) is 1. The van der Waals surface area contributed by atoms with Gasteiger partial charge in [0.1, 0.15) is 0 Å². The number of hydrogen-bond donors (Lipinski definition) is 1. The fraction of sp³-hybridized carbons (Fsp3) is 0.0714. The van der Waals surface area contributed by atoms with Crippen LogP contribution in [0.5, 0.6) is 0 Å². The van der Waals surface area contributed by atoms with Gasteiger partial charge in [0.15, 0.2) is 5.13 Å². The zero-order chi connectivity index (χ0) is 12.5. The van der Waals surface area contributed by atoms with E-state index in [-0.39, 0.29) is 0 Å². The van der Waals surface area contributed by atoms with E-state index in [1.165, 1.54) is 28.0 Å². The van der Waals surface area contributed by atoms with Crippen LogP contribution < -0.4 is 5.73 Å². The van der Waals surface area contributed by atoms with Crippen LogP contribution in [-0.4, -0.2) is 4.98 Å². The second-order valence-corrected chi connectivity index (χ2v) is 5.75. The third-order valence-corrected chi connectivity index (χ3v) is 4.24. The number of nitrogen functional groups attached to an aromatic ring is 1.